The van der Waals surface area contributed by atoms with Gasteiger partial charge in [0.1, 0.15) is 0 Å². The number of hydrogen-bond acceptors (Lipinski definition) is 7. The minimum atomic E-state index is -3.87. The third kappa shape index (κ3) is 5.20. The van der Waals surface area contributed by atoms with Crippen molar-refractivity contribution in [3.05, 3.63) is 34.8 Å². The van der Waals surface area contributed by atoms with Crippen LogP contribution >= 0.6 is 11.3 Å². The molecule has 0 spiro atoms. The minimum Gasteiger partial charge on any atom is -0.392 e. The van der Waals surface area contributed by atoms with Crippen molar-refractivity contribution < 1.29 is 23.1 Å². The zero-order valence-electron chi connectivity index (χ0n) is 22.2. The molecule has 2 saturated carbocycles. The molecule has 6 unspecified atom stereocenters. The lowest BCUT2D eigenvalue weighted by molar-refractivity contribution is -0.134. The molecule has 0 radical (unpaired) electrons. The largest absolute Gasteiger partial charge is 0.392 e. The van der Waals surface area contributed by atoms with Crippen LogP contribution in [-0.4, -0.2) is 42.5 Å². The molecule has 0 aliphatic heterocycles. The molecule has 2 aromatic rings. The molecule has 5 rings (SSSR count). The number of aromatic nitrogens is 1. The van der Waals surface area contributed by atoms with Gasteiger partial charge < -0.3 is 15.7 Å². The maximum Gasteiger partial charge on any atom is 0.263 e. The molecule has 206 valence electrons. The second-order valence-electron chi connectivity index (χ2n) is 11.5. The summed E-state index contributed by atoms with van der Waals surface area (Å²) in [7, 11) is -3.87. The van der Waals surface area contributed by atoms with E-state index in [-0.39, 0.29) is 45.8 Å². The lowest BCUT2D eigenvalue weighted by Gasteiger charge is -2.53. The molecular weight excluding hydrogens is 524 g/mol. The molecule has 1 heterocycles. The number of nitrogens with zero attached hydrogens (tertiary/aromatic N) is 1. The quantitative estimate of drug-likeness (QED) is 0.406. The monoisotopic (exact) mass is 560 g/mol. The van der Waals surface area contributed by atoms with Gasteiger partial charge in [0.05, 0.1) is 16.7 Å². The van der Waals surface area contributed by atoms with Gasteiger partial charge in [-0.25, -0.2) is 13.4 Å². The van der Waals surface area contributed by atoms with Crippen LogP contribution < -0.4 is 15.4 Å². The molecule has 11 heteroatoms. The summed E-state index contributed by atoms with van der Waals surface area (Å²) in [6.45, 7) is 7.57. The molecule has 1 aromatic heterocycles. The number of amides is 2. The topological polar surface area (TPSA) is 137 Å². The number of rotatable bonds is 7. The van der Waals surface area contributed by atoms with Crippen molar-refractivity contribution in [1.82, 2.24) is 10.3 Å². The highest BCUT2D eigenvalue weighted by Crippen LogP contribution is 2.57. The summed E-state index contributed by atoms with van der Waals surface area (Å²) < 4.78 is 28.7. The first kappa shape index (κ1) is 27.1. The van der Waals surface area contributed by atoms with Gasteiger partial charge in [-0.15, -0.1) is 11.3 Å². The first-order chi connectivity index (χ1) is 17.9. The van der Waals surface area contributed by atoms with E-state index in [1.165, 1.54) is 30.4 Å². The fourth-order valence-electron chi connectivity index (χ4n) is 6.44. The number of aliphatic hydroxyl groups is 1. The van der Waals surface area contributed by atoms with Crippen LogP contribution in [0.25, 0.3) is 0 Å². The van der Waals surface area contributed by atoms with E-state index in [9.17, 15) is 23.1 Å². The summed E-state index contributed by atoms with van der Waals surface area (Å²) in [6, 6.07) is 6.26. The molecule has 0 bridgehead atoms. The summed E-state index contributed by atoms with van der Waals surface area (Å²) in [6.07, 6.45) is 3.82. The number of anilines is 2. The van der Waals surface area contributed by atoms with Crippen LogP contribution in [0.5, 0.6) is 0 Å². The van der Waals surface area contributed by atoms with E-state index in [1.807, 2.05) is 6.92 Å². The molecular formula is C27H36N4O5S2. The van der Waals surface area contributed by atoms with Gasteiger partial charge in [0.2, 0.25) is 11.8 Å². The van der Waals surface area contributed by atoms with Crippen LogP contribution in [-0.2, 0) is 26.0 Å². The Hall–Kier alpha value is -2.50. The van der Waals surface area contributed by atoms with Crippen molar-refractivity contribution in [3.63, 3.8) is 0 Å². The van der Waals surface area contributed by atoms with Gasteiger partial charge in [-0.1, -0.05) is 20.8 Å². The van der Waals surface area contributed by atoms with Crippen LogP contribution in [0.1, 0.15) is 69.9 Å². The molecule has 0 saturated heterocycles. The molecule has 6 atom stereocenters. The first-order valence-electron chi connectivity index (χ1n) is 13.3. The van der Waals surface area contributed by atoms with Gasteiger partial charge in [-0.2, -0.15) is 0 Å². The van der Waals surface area contributed by atoms with E-state index in [0.717, 1.165) is 36.3 Å². The van der Waals surface area contributed by atoms with Crippen LogP contribution in [0.4, 0.5) is 10.8 Å². The summed E-state index contributed by atoms with van der Waals surface area (Å²) in [5.74, 6) is -0.737. The summed E-state index contributed by atoms with van der Waals surface area (Å²) in [5, 5.41) is 17.6. The molecule has 2 amide bonds. The second kappa shape index (κ2) is 9.91. The van der Waals surface area contributed by atoms with Crippen LogP contribution in [0.15, 0.2) is 29.2 Å². The number of hydrogen-bond donors (Lipinski definition) is 4. The number of fused-ring (bicyclic) bond motifs is 2. The normalized spacial score (nSPS) is 29.5. The lowest BCUT2D eigenvalue weighted by atomic mass is 9.53. The van der Waals surface area contributed by atoms with E-state index < -0.39 is 16.1 Å². The fourth-order valence-corrected chi connectivity index (χ4v) is 8.94. The molecule has 4 N–H and O–H groups in total. The van der Waals surface area contributed by atoms with Crippen molar-refractivity contribution in [3.8, 4) is 0 Å². The first-order valence-corrected chi connectivity index (χ1v) is 15.6. The highest BCUT2D eigenvalue weighted by molar-refractivity contribution is 7.93. The number of carbonyl (C=O) groups is 2. The predicted octanol–water partition coefficient (Wildman–Crippen LogP) is 3.87. The zero-order valence-corrected chi connectivity index (χ0v) is 23.8. The van der Waals surface area contributed by atoms with Gasteiger partial charge >= 0.3 is 0 Å². The molecule has 9 nitrogen and oxygen atoms in total. The second-order valence-corrected chi connectivity index (χ2v) is 14.3. The van der Waals surface area contributed by atoms with Gasteiger partial charge in [0, 0.05) is 35.4 Å². The Morgan fingerprint density at radius 2 is 1.87 bits per heavy atom. The Bertz CT molecular complexity index is 1340. The van der Waals surface area contributed by atoms with Crippen LogP contribution in [0.2, 0.25) is 0 Å². The van der Waals surface area contributed by atoms with Crippen LogP contribution in [0.3, 0.4) is 0 Å². The molecule has 3 aliphatic carbocycles. The number of aliphatic hydroxyl groups excluding tert-OH is 1. The molecule has 1 aromatic carbocycles. The number of carbonyl (C=O) groups excluding carboxylic acids is 2. The Balaban J connectivity index is 1.34. The van der Waals surface area contributed by atoms with E-state index in [4.69, 9.17) is 0 Å². The zero-order chi connectivity index (χ0) is 27.4. The molecule has 2 fully saturated rings. The average molecular weight is 561 g/mol. The van der Waals surface area contributed by atoms with Gasteiger partial charge in [0.25, 0.3) is 10.0 Å². The van der Waals surface area contributed by atoms with E-state index in [0.29, 0.717) is 23.3 Å². The van der Waals surface area contributed by atoms with Gasteiger partial charge in [-0.3, -0.25) is 14.3 Å². The van der Waals surface area contributed by atoms with Crippen molar-refractivity contribution in [2.45, 2.75) is 82.8 Å². The number of thiazole rings is 1. The highest BCUT2D eigenvalue weighted by Gasteiger charge is 2.54. The Morgan fingerprint density at radius 3 is 2.50 bits per heavy atom. The third-order valence-electron chi connectivity index (χ3n) is 8.61. The molecule has 3 aliphatic rings. The predicted molar refractivity (Wildman–Crippen MR) is 146 cm³/mol. The van der Waals surface area contributed by atoms with Crippen molar-refractivity contribution in [2.24, 2.45) is 23.2 Å². The van der Waals surface area contributed by atoms with E-state index >= 15 is 0 Å². The average Bonchev–Trinajstić information content (AvgIpc) is 3.56. The summed E-state index contributed by atoms with van der Waals surface area (Å²) in [4.78, 5) is 29.8. The highest BCUT2D eigenvalue weighted by atomic mass is 32.2. The van der Waals surface area contributed by atoms with Gasteiger partial charge in [-0.05, 0) is 73.6 Å². The molecule has 38 heavy (non-hydrogen) atoms. The van der Waals surface area contributed by atoms with Crippen molar-refractivity contribution in [1.29, 1.82) is 0 Å². The van der Waals surface area contributed by atoms with E-state index in [2.05, 4.69) is 34.2 Å². The third-order valence-corrected chi connectivity index (χ3v) is 11.1. The smallest absolute Gasteiger partial charge is 0.263 e. The Kier molecular flexibility index (Phi) is 7.06. The SMILES string of the molecule is CC(=O)Nc1ccc(S(=O)(=O)Nc2nc3c(s2)CC2(C)CCC(C(C)C(=O)NC4CC4)C(O)C2C3C)cc1. The summed E-state index contributed by atoms with van der Waals surface area (Å²) >= 11 is 1.35. The van der Waals surface area contributed by atoms with E-state index in [1.54, 1.807) is 12.1 Å². The Morgan fingerprint density at radius 1 is 1.18 bits per heavy atom. The maximum absolute atomic E-state index is 13.0. The maximum atomic E-state index is 13.0. The number of sulfonamides is 1. The van der Waals surface area contributed by atoms with Gasteiger partial charge in [0.15, 0.2) is 5.13 Å². The summed E-state index contributed by atoms with van der Waals surface area (Å²) in [5.41, 5.74) is 1.19. The standard InChI is InChI=1S/C27H36N4O5S2/c1-14(25(34)29-18-5-6-18)20-11-12-27(4)13-21-23(15(2)22(27)24(20)33)30-26(37-21)31-38(35,36)19-9-7-17(8-10-19)28-16(3)32/h7-10,14-15,18,20,22,24,33H,5-6,11-13H2,1-4H3,(H,28,32)(H,29,34)(H,30,31). The lowest BCUT2D eigenvalue weighted by Crippen LogP contribution is -2.53. The van der Waals surface area contributed by atoms with Crippen molar-refractivity contribution >= 4 is 44.0 Å². The number of benzene rings is 1. The van der Waals surface area contributed by atoms with Crippen LogP contribution in [0, 0.1) is 23.2 Å². The fraction of sp³-hybridized carbons (Fsp3) is 0.593. The van der Waals surface area contributed by atoms with Crippen molar-refractivity contribution in [2.75, 3.05) is 10.0 Å². The minimum absolute atomic E-state index is 0.0276. The Labute approximate surface area is 227 Å². The number of nitrogens with one attached hydrogen (secondary N) is 3.